The van der Waals surface area contributed by atoms with Gasteiger partial charge >= 0.3 is 0 Å². The Balaban J connectivity index is 2.56. The summed E-state index contributed by atoms with van der Waals surface area (Å²) >= 11 is 0. The Kier molecular flexibility index (Phi) is 4.14. The van der Waals surface area contributed by atoms with Crippen LogP contribution in [0.5, 0.6) is 0 Å². The predicted molar refractivity (Wildman–Crippen MR) is 62.3 cm³/mol. The third-order valence-corrected chi connectivity index (χ3v) is 3.41. The van der Waals surface area contributed by atoms with Crippen molar-refractivity contribution in [2.75, 3.05) is 13.2 Å². The van der Waals surface area contributed by atoms with Crippen molar-refractivity contribution in [2.45, 2.75) is 40.7 Å². The largest absolute Gasteiger partial charge is 0.328 e. The predicted octanol–water partition coefficient (Wildman–Crippen LogP) is 1.69. The minimum absolute atomic E-state index is 0.00461. The van der Waals surface area contributed by atoms with E-state index in [2.05, 4.69) is 33.0 Å². The van der Waals surface area contributed by atoms with Gasteiger partial charge in [0.05, 0.1) is 12.7 Å². The van der Waals surface area contributed by atoms with Crippen molar-refractivity contribution >= 4 is 5.91 Å². The summed E-state index contributed by atoms with van der Waals surface area (Å²) in [6, 6.07) is 0.00461. The minimum Gasteiger partial charge on any atom is -0.328 e. The van der Waals surface area contributed by atoms with Gasteiger partial charge in [-0.25, -0.2) is 0 Å². The van der Waals surface area contributed by atoms with Crippen molar-refractivity contribution in [3.63, 3.8) is 0 Å². The fraction of sp³-hybridized carbons (Fsp3) is 0.917. The topological polar surface area (TPSA) is 32.3 Å². The molecule has 15 heavy (non-hydrogen) atoms. The third kappa shape index (κ3) is 2.94. The van der Waals surface area contributed by atoms with E-state index in [-0.39, 0.29) is 11.9 Å². The molecule has 1 saturated heterocycles. The minimum atomic E-state index is 0.00461. The summed E-state index contributed by atoms with van der Waals surface area (Å²) in [5.74, 6) is 2.12. The van der Waals surface area contributed by atoms with Crippen LogP contribution in [0.4, 0.5) is 0 Å². The highest BCUT2D eigenvalue weighted by Crippen LogP contribution is 2.22. The third-order valence-electron chi connectivity index (χ3n) is 3.41. The van der Waals surface area contributed by atoms with Gasteiger partial charge in [-0.05, 0) is 24.7 Å². The van der Waals surface area contributed by atoms with Crippen LogP contribution in [0.3, 0.4) is 0 Å². The molecule has 0 aliphatic carbocycles. The highest BCUT2D eigenvalue weighted by molar-refractivity contribution is 5.83. The molecule has 1 heterocycles. The zero-order chi connectivity index (χ0) is 11.6. The van der Waals surface area contributed by atoms with Crippen LogP contribution in [0.15, 0.2) is 0 Å². The summed E-state index contributed by atoms with van der Waals surface area (Å²) in [7, 11) is 0. The van der Waals surface area contributed by atoms with Crippen molar-refractivity contribution in [3.8, 4) is 0 Å². The second-order valence-electron chi connectivity index (χ2n) is 5.30. The van der Waals surface area contributed by atoms with Crippen LogP contribution < -0.4 is 5.32 Å². The molecule has 0 radical (unpaired) electrons. The number of carbonyl (C=O) groups excluding carboxylic acids is 1. The maximum Gasteiger partial charge on any atom is 0.240 e. The number of nitrogens with zero attached hydrogens (tertiary/aromatic N) is 1. The molecule has 88 valence electrons. The van der Waals surface area contributed by atoms with Crippen molar-refractivity contribution in [1.29, 1.82) is 0 Å². The first-order chi connectivity index (χ1) is 6.93. The molecule has 1 fully saturated rings. The van der Waals surface area contributed by atoms with Crippen LogP contribution >= 0.6 is 0 Å². The molecule has 0 saturated carbocycles. The molecule has 1 aliphatic rings. The van der Waals surface area contributed by atoms with Crippen molar-refractivity contribution in [1.82, 2.24) is 10.2 Å². The Morgan fingerprint density at radius 3 is 2.20 bits per heavy atom. The van der Waals surface area contributed by atoms with Gasteiger partial charge in [0.1, 0.15) is 0 Å². The van der Waals surface area contributed by atoms with E-state index < -0.39 is 0 Å². The SMILES string of the molecule is CC1NCN(CC(C(C)C)C(C)C)C1=O. The summed E-state index contributed by atoms with van der Waals surface area (Å²) in [5.41, 5.74) is 0. The molecule has 1 amide bonds. The van der Waals surface area contributed by atoms with Crippen molar-refractivity contribution in [3.05, 3.63) is 0 Å². The Morgan fingerprint density at radius 2 is 1.87 bits per heavy atom. The number of nitrogens with one attached hydrogen (secondary N) is 1. The summed E-state index contributed by atoms with van der Waals surface area (Å²) < 4.78 is 0. The summed E-state index contributed by atoms with van der Waals surface area (Å²) in [6.45, 7) is 12.5. The first-order valence-electron chi connectivity index (χ1n) is 5.95. The van der Waals surface area contributed by atoms with Crippen LogP contribution in [-0.4, -0.2) is 30.1 Å². The molecule has 0 aromatic carbocycles. The highest BCUT2D eigenvalue weighted by Gasteiger charge is 2.30. The Bertz CT molecular complexity index is 218. The van der Waals surface area contributed by atoms with Gasteiger partial charge < -0.3 is 4.90 Å². The Hall–Kier alpha value is -0.570. The van der Waals surface area contributed by atoms with Gasteiger partial charge in [-0.1, -0.05) is 27.7 Å². The van der Waals surface area contributed by atoms with Crippen molar-refractivity contribution < 1.29 is 4.79 Å². The lowest BCUT2D eigenvalue weighted by Crippen LogP contribution is -2.36. The van der Waals surface area contributed by atoms with E-state index in [0.717, 1.165) is 13.2 Å². The molecular formula is C12H24N2O. The zero-order valence-electron chi connectivity index (χ0n) is 10.6. The van der Waals surface area contributed by atoms with Crippen LogP contribution in [0.1, 0.15) is 34.6 Å². The Labute approximate surface area is 93.2 Å². The smallest absolute Gasteiger partial charge is 0.240 e. The van der Waals surface area contributed by atoms with E-state index >= 15 is 0 Å². The summed E-state index contributed by atoms with van der Waals surface area (Å²) in [4.78, 5) is 13.7. The van der Waals surface area contributed by atoms with E-state index in [1.165, 1.54) is 0 Å². The van der Waals surface area contributed by atoms with E-state index in [1.54, 1.807) is 0 Å². The first-order valence-corrected chi connectivity index (χ1v) is 5.95. The number of hydrogen-bond donors (Lipinski definition) is 1. The summed E-state index contributed by atoms with van der Waals surface area (Å²) in [6.07, 6.45) is 0. The average molecular weight is 212 g/mol. The maximum absolute atomic E-state index is 11.7. The van der Waals surface area contributed by atoms with Gasteiger partial charge in [-0.15, -0.1) is 0 Å². The molecule has 1 rings (SSSR count). The molecular weight excluding hydrogens is 188 g/mol. The van der Waals surface area contributed by atoms with E-state index in [9.17, 15) is 4.79 Å². The lowest BCUT2D eigenvalue weighted by atomic mass is 9.85. The lowest BCUT2D eigenvalue weighted by molar-refractivity contribution is -0.129. The molecule has 1 atom stereocenters. The molecule has 0 spiro atoms. The van der Waals surface area contributed by atoms with Crippen molar-refractivity contribution in [2.24, 2.45) is 17.8 Å². The monoisotopic (exact) mass is 212 g/mol. The normalized spacial score (nSPS) is 22.5. The van der Waals surface area contributed by atoms with Crippen LogP contribution in [0.25, 0.3) is 0 Å². The number of amides is 1. The molecule has 0 aromatic heterocycles. The lowest BCUT2D eigenvalue weighted by Gasteiger charge is -2.29. The fourth-order valence-corrected chi connectivity index (χ4v) is 2.29. The van der Waals surface area contributed by atoms with E-state index in [1.807, 2.05) is 11.8 Å². The molecule has 3 heteroatoms. The zero-order valence-corrected chi connectivity index (χ0v) is 10.6. The Morgan fingerprint density at radius 1 is 1.33 bits per heavy atom. The number of carbonyl (C=O) groups is 1. The molecule has 0 bridgehead atoms. The standard InChI is InChI=1S/C12H24N2O/c1-8(2)11(9(3)4)6-14-7-13-10(5)12(14)15/h8-11,13H,6-7H2,1-5H3. The van der Waals surface area contributed by atoms with Gasteiger partial charge in [-0.2, -0.15) is 0 Å². The number of hydrogen-bond acceptors (Lipinski definition) is 2. The fourth-order valence-electron chi connectivity index (χ4n) is 2.29. The first kappa shape index (κ1) is 12.5. The second-order valence-corrected chi connectivity index (χ2v) is 5.30. The van der Waals surface area contributed by atoms with Crippen LogP contribution in [-0.2, 0) is 4.79 Å². The van der Waals surface area contributed by atoms with E-state index in [0.29, 0.717) is 17.8 Å². The molecule has 0 aromatic rings. The van der Waals surface area contributed by atoms with Gasteiger partial charge in [0, 0.05) is 6.54 Å². The van der Waals surface area contributed by atoms with Crippen LogP contribution in [0.2, 0.25) is 0 Å². The van der Waals surface area contributed by atoms with Gasteiger partial charge in [0.2, 0.25) is 5.91 Å². The van der Waals surface area contributed by atoms with Gasteiger partial charge in [0.25, 0.3) is 0 Å². The van der Waals surface area contributed by atoms with Gasteiger partial charge in [0.15, 0.2) is 0 Å². The number of rotatable bonds is 4. The molecule has 1 aliphatic heterocycles. The summed E-state index contributed by atoms with van der Waals surface area (Å²) in [5, 5.41) is 3.18. The molecule has 1 N–H and O–H groups in total. The maximum atomic E-state index is 11.7. The molecule has 3 nitrogen and oxygen atoms in total. The van der Waals surface area contributed by atoms with Crippen LogP contribution in [0, 0.1) is 17.8 Å². The average Bonchev–Trinajstić information content (AvgIpc) is 2.43. The van der Waals surface area contributed by atoms with Gasteiger partial charge in [-0.3, -0.25) is 10.1 Å². The molecule has 1 unspecified atom stereocenters. The van der Waals surface area contributed by atoms with E-state index in [4.69, 9.17) is 0 Å². The highest BCUT2D eigenvalue weighted by atomic mass is 16.2. The second kappa shape index (κ2) is 4.97. The quantitative estimate of drug-likeness (QED) is 0.769.